The molecule has 2 aliphatic heterocycles. The topological polar surface area (TPSA) is 91.9 Å². The van der Waals surface area contributed by atoms with Gasteiger partial charge in [-0.3, -0.25) is 4.79 Å². The number of anilines is 2. The van der Waals surface area contributed by atoms with E-state index in [1.165, 1.54) is 0 Å². The summed E-state index contributed by atoms with van der Waals surface area (Å²) < 4.78 is 5.53. The smallest absolute Gasteiger partial charge is 0.256 e. The lowest BCUT2D eigenvalue weighted by Crippen LogP contribution is -2.18. The van der Waals surface area contributed by atoms with E-state index in [0.717, 1.165) is 40.3 Å². The quantitative estimate of drug-likeness (QED) is 0.621. The number of carbonyl (C=O) groups excluding carboxylic acids is 1. The molecule has 0 fully saturated rings. The highest BCUT2D eigenvalue weighted by Crippen LogP contribution is 2.37. The van der Waals surface area contributed by atoms with Crippen LogP contribution in [-0.2, 0) is 4.79 Å². The van der Waals surface area contributed by atoms with Crippen LogP contribution in [0.25, 0.3) is 22.8 Å². The Morgan fingerprint density at radius 3 is 2.96 bits per heavy atom. The number of H-pyrrole nitrogens is 1. The lowest BCUT2D eigenvalue weighted by molar-refractivity contribution is -0.110. The van der Waals surface area contributed by atoms with E-state index in [1.54, 1.807) is 24.8 Å². The van der Waals surface area contributed by atoms with Gasteiger partial charge >= 0.3 is 0 Å². The van der Waals surface area contributed by atoms with E-state index < -0.39 is 0 Å². The number of nitrogens with zero attached hydrogens (tertiary/aromatic N) is 2. The number of fused-ring (bicyclic) bond motifs is 2. The van der Waals surface area contributed by atoms with Crippen LogP contribution in [0.4, 0.5) is 11.4 Å². The van der Waals surface area contributed by atoms with Crippen LogP contribution in [0.15, 0.2) is 43.0 Å². The van der Waals surface area contributed by atoms with E-state index in [2.05, 4.69) is 25.6 Å². The van der Waals surface area contributed by atoms with Crippen molar-refractivity contribution in [3.8, 4) is 17.0 Å². The van der Waals surface area contributed by atoms with Crippen molar-refractivity contribution in [2.45, 2.75) is 0 Å². The van der Waals surface area contributed by atoms with Gasteiger partial charge in [-0.15, -0.1) is 0 Å². The van der Waals surface area contributed by atoms with Gasteiger partial charge in [0.1, 0.15) is 6.61 Å². The highest BCUT2D eigenvalue weighted by atomic mass is 16.5. The average Bonchev–Trinajstić information content (AvgIpc) is 3.29. The molecule has 3 aromatic rings. The molecule has 4 heterocycles. The number of carbonyl (C=O) groups is 1. The van der Waals surface area contributed by atoms with Crippen LogP contribution < -0.4 is 15.4 Å². The van der Waals surface area contributed by atoms with Crippen LogP contribution in [-0.4, -0.2) is 34.0 Å². The second-order valence-corrected chi connectivity index (χ2v) is 6.13. The molecule has 3 N–H and O–H groups in total. The van der Waals surface area contributed by atoms with Crippen LogP contribution in [0.1, 0.15) is 11.3 Å². The van der Waals surface area contributed by atoms with Gasteiger partial charge in [-0.25, -0.2) is 9.97 Å². The molecule has 7 nitrogen and oxygen atoms in total. The number of hydrogen-bond donors (Lipinski definition) is 3. The molecule has 0 radical (unpaired) electrons. The number of rotatable bonds is 2. The summed E-state index contributed by atoms with van der Waals surface area (Å²) in [6, 6.07) is 7.92. The summed E-state index contributed by atoms with van der Waals surface area (Å²) in [7, 11) is 0. The second-order valence-electron chi connectivity index (χ2n) is 6.13. The summed E-state index contributed by atoms with van der Waals surface area (Å²) in [5.74, 6) is 0.503. The third kappa shape index (κ3) is 2.41. The van der Waals surface area contributed by atoms with Crippen LogP contribution in [0, 0.1) is 0 Å². The Labute approximate surface area is 149 Å². The van der Waals surface area contributed by atoms with Crippen LogP contribution in [0.5, 0.6) is 5.88 Å². The van der Waals surface area contributed by atoms with Crippen molar-refractivity contribution in [1.29, 1.82) is 0 Å². The fourth-order valence-corrected chi connectivity index (χ4v) is 3.20. The third-order valence-electron chi connectivity index (χ3n) is 4.46. The molecule has 7 heteroatoms. The molecule has 128 valence electrons. The van der Waals surface area contributed by atoms with Crippen molar-refractivity contribution < 1.29 is 9.53 Å². The molecule has 0 spiro atoms. The number of aromatic nitrogens is 3. The summed E-state index contributed by atoms with van der Waals surface area (Å²) in [4.78, 5) is 23.7. The second kappa shape index (κ2) is 5.73. The molecule has 0 saturated carbocycles. The Hall–Kier alpha value is -3.61. The maximum absolute atomic E-state index is 12.3. The molecule has 1 aromatic carbocycles. The van der Waals surface area contributed by atoms with Crippen LogP contribution >= 0.6 is 0 Å². The summed E-state index contributed by atoms with van der Waals surface area (Å²) in [5.41, 5.74) is 5.89. The monoisotopic (exact) mass is 345 g/mol. The minimum atomic E-state index is -0.120. The number of nitrogens with one attached hydrogen (secondary N) is 3. The van der Waals surface area contributed by atoms with Crippen molar-refractivity contribution in [1.82, 2.24) is 15.0 Å². The largest absolute Gasteiger partial charge is 0.474 e. The minimum Gasteiger partial charge on any atom is -0.474 e. The van der Waals surface area contributed by atoms with Gasteiger partial charge in [0, 0.05) is 29.6 Å². The van der Waals surface area contributed by atoms with E-state index >= 15 is 0 Å². The van der Waals surface area contributed by atoms with Crippen LogP contribution in [0.2, 0.25) is 0 Å². The molecule has 0 aliphatic carbocycles. The number of amides is 1. The predicted octanol–water partition coefficient (Wildman–Crippen LogP) is 2.77. The summed E-state index contributed by atoms with van der Waals surface area (Å²) >= 11 is 0. The van der Waals surface area contributed by atoms with E-state index in [4.69, 9.17) is 4.74 Å². The van der Waals surface area contributed by atoms with Crippen LogP contribution in [0.3, 0.4) is 0 Å². The number of benzene rings is 1. The lowest BCUT2D eigenvalue weighted by Gasteiger charge is -2.18. The Balaban J connectivity index is 1.58. The van der Waals surface area contributed by atoms with Crippen molar-refractivity contribution in [3.63, 3.8) is 0 Å². The number of pyridine rings is 1. The molecule has 0 saturated heterocycles. The fourth-order valence-electron chi connectivity index (χ4n) is 3.20. The maximum Gasteiger partial charge on any atom is 0.256 e. The van der Waals surface area contributed by atoms with Gasteiger partial charge in [-0.05, 0) is 29.8 Å². The zero-order valence-corrected chi connectivity index (χ0v) is 13.7. The SMILES string of the molecule is O=C1Nc2ccc(-c3cnc4c(c3)NCCO4)cc2/C1=C/c1cnc[nH]1. The number of hydrogen-bond acceptors (Lipinski definition) is 5. The standard InChI is InChI=1S/C19H15N5O2/c25-18-15(7-13-9-20-10-23-13)14-5-11(1-2-16(14)24-18)12-6-17-19(22-8-12)26-4-3-21-17/h1-2,5-10,21H,3-4H2,(H,20,23)(H,24,25)/b15-7-. The molecule has 0 unspecified atom stereocenters. The van der Waals surface area contributed by atoms with E-state index in [9.17, 15) is 4.79 Å². The molecule has 26 heavy (non-hydrogen) atoms. The van der Waals surface area contributed by atoms with E-state index in [0.29, 0.717) is 18.1 Å². The van der Waals surface area contributed by atoms with Gasteiger partial charge in [0.2, 0.25) is 5.88 Å². The maximum atomic E-state index is 12.3. The average molecular weight is 345 g/mol. The first kappa shape index (κ1) is 14.7. The van der Waals surface area contributed by atoms with Gasteiger partial charge in [0.05, 0.1) is 29.5 Å². The van der Waals surface area contributed by atoms with Gasteiger partial charge in [-0.1, -0.05) is 6.07 Å². The Morgan fingerprint density at radius 2 is 2.08 bits per heavy atom. The molecule has 2 aliphatic rings. The van der Waals surface area contributed by atoms with Gasteiger partial charge < -0.3 is 20.4 Å². The van der Waals surface area contributed by atoms with E-state index in [-0.39, 0.29) is 5.91 Å². The molecule has 5 rings (SSSR count). The Kier molecular flexibility index (Phi) is 3.24. The number of ether oxygens (including phenoxy) is 1. The van der Waals surface area contributed by atoms with Crippen molar-refractivity contribution in [3.05, 3.63) is 54.2 Å². The molecule has 0 bridgehead atoms. The molecule has 1 amide bonds. The van der Waals surface area contributed by atoms with E-state index in [1.807, 2.05) is 24.3 Å². The minimum absolute atomic E-state index is 0.120. The number of aromatic amines is 1. The van der Waals surface area contributed by atoms with Gasteiger partial charge in [0.25, 0.3) is 5.91 Å². The van der Waals surface area contributed by atoms with Crippen molar-refractivity contribution >= 4 is 28.9 Å². The first-order valence-electron chi connectivity index (χ1n) is 8.31. The summed E-state index contributed by atoms with van der Waals surface area (Å²) in [6.45, 7) is 1.38. The van der Waals surface area contributed by atoms with Crippen molar-refractivity contribution in [2.24, 2.45) is 0 Å². The van der Waals surface area contributed by atoms with Gasteiger partial charge in [-0.2, -0.15) is 0 Å². The molecule has 2 aromatic heterocycles. The zero-order valence-electron chi connectivity index (χ0n) is 13.7. The summed E-state index contributed by atoms with van der Waals surface area (Å²) in [5, 5.41) is 6.19. The molecular weight excluding hydrogens is 330 g/mol. The van der Waals surface area contributed by atoms with Gasteiger partial charge in [0.15, 0.2) is 0 Å². The highest BCUT2D eigenvalue weighted by molar-refractivity contribution is 6.35. The zero-order chi connectivity index (χ0) is 17.5. The molecular formula is C19H15N5O2. The summed E-state index contributed by atoms with van der Waals surface area (Å²) in [6.07, 6.45) is 6.86. The fraction of sp³-hybridized carbons (Fsp3) is 0.105. The Bertz CT molecular complexity index is 1040. The van der Waals surface area contributed by atoms with Crippen molar-refractivity contribution in [2.75, 3.05) is 23.8 Å². The molecule has 0 atom stereocenters. The number of imidazole rings is 1. The highest BCUT2D eigenvalue weighted by Gasteiger charge is 2.25. The first-order chi connectivity index (χ1) is 12.8. The normalized spacial score (nSPS) is 16.5. The Morgan fingerprint density at radius 1 is 1.12 bits per heavy atom. The third-order valence-corrected chi connectivity index (χ3v) is 4.46. The first-order valence-corrected chi connectivity index (χ1v) is 8.31. The predicted molar refractivity (Wildman–Crippen MR) is 98.7 cm³/mol. The lowest BCUT2D eigenvalue weighted by atomic mass is 9.99.